The first-order valence-electron chi connectivity index (χ1n) is 22.2. The number of allylic oxidation sites excluding steroid dienone is 2. The number of hydrogen-bond donors (Lipinski definition) is 2. The summed E-state index contributed by atoms with van der Waals surface area (Å²) in [4.78, 5) is 41.1. The van der Waals surface area contributed by atoms with Crippen molar-refractivity contribution < 1.29 is 63.1 Å². The Morgan fingerprint density at radius 3 is 1.71 bits per heavy atom. The van der Waals surface area contributed by atoms with E-state index in [1.807, 2.05) is 0 Å². The first kappa shape index (κ1) is 54.1. The Bertz CT molecular complexity index is 2280. The number of Topliss-reactive ketones (excluding diaryl/α,β-unsaturated/α-hetero) is 1. The van der Waals surface area contributed by atoms with Crippen LogP contribution in [0.1, 0.15) is 83.2 Å². The number of carbonyl (C=O) groups is 3. The Morgan fingerprint density at radius 2 is 1.15 bits per heavy atom. The van der Waals surface area contributed by atoms with Gasteiger partial charge in [0.15, 0.2) is 25.5 Å². The zero-order valence-electron chi connectivity index (χ0n) is 37.8. The highest BCUT2D eigenvalue weighted by Gasteiger charge is 2.33. The smallest absolute Gasteiger partial charge is 0.407 e. The Kier molecular flexibility index (Phi) is 22.4. The number of aryl methyl sites for hydroxylation is 2. The standard InChI is InChI=1S/C47H64N2O14S3/c1-37-13-21-43(22-14-37)64(53,54)35-41(36-65(55,56)44-23-15-38(2)16-24-44)45(50)39-17-19-40(20-18-39)46(51)49(27-10-34-66(57,58)59)26-9-29-61-31-33-62-32-30-60-28-8-25-48-47(52)63-42-11-6-4-3-5-7-12-42/h3-4,13-24,41-42H,5-12,25-36H2,1-2H3,(H,48,52)(H,57,58,59)/b4-3-. The Labute approximate surface area is 390 Å². The van der Waals surface area contributed by atoms with Crippen LogP contribution in [0.15, 0.2) is 94.7 Å². The van der Waals surface area contributed by atoms with E-state index in [2.05, 4.69) is 17.5 Å². The number of ether oxygens (including phenoxy) is 4. The number of rotatable bonds is 28. The molecule has 0 radical (unpaired) electrons. The van der Waals surface area contributed by atoms with Crippen molar-refractivity contribution in [1.29, 1.82) is 0 Å². The van der Waals surface area contributed by atoms with Crippen LogP contribution in [0.25, 0.3) is 0 Å². The molecule has 1 aliphatic carbocycles. The van der Waals surface area contributed by atoms with Gasteiger partial charge in [-0.25, -0.2) is 21.6 Å². The van der Waals surface area contributed by atoms with Crippen molar-refractivity contribution in [1.82, 2.24) is 10.2 Å². The van der Waals surface area contributed by atoms with Gasteiger partial charge < -0.3 is 29.2 Å². The summed E-state index contributed by atoms with van der Waals surface area (Å²) in [5, 5.41) is 2.76. The van der Waals surface area contributed by atoms with Gasteiger partial charge in [0.1, 0.15) is 6.10 Å². The van der Waals surface area contributed by atoms with Crippen molar-refractivity contribution in [2.45, 2.75) is 81.1 Å². The minimum absolute atomic E-state index is 0.000364. The minimum Gasteiger partial charge on any atom is -0.446 e. The predicted molar refractivity (Wildman–Crippen MR) is 250 cm³/mol. The fourth-order valence-electron chi connectivity index (χ4n) is 7.06. The number of benzene rings is 3. The molecule has 0 heterocycles. The van der Waals surface area contributed by atoms with E-state index in [1.165, 1.54) is 53.4 Å². The van der Waals surface area contributed by atoms with E-state index < -0.39 is 70.8 Å². The van der Waals surface area contributed by atoms with Crippen molar-refractivity contribution >= 4 is 47.6 Å². The van der Waals surface area contributed by atoms with E-state index >= 15 is 0 Å². The van der Waals surface area contributed by atoms with E-state index in [0.29, 0.717) is 45.8 Å². The SMILES string of the molecule is Cc1ccc(S(=O)(=O)CC(CS(=O)(=O)c2ccc(C)cc2)C(=O)c2ccc(C(=O)N(CCCOCCOCCOCCCNC(=O)OC3CC/C=C\CCC3)CCCS(=O)(=O)O)cc2)cc1. The van der Waals surface area contributed by atoms with Crippen molar-refractivity contribution in [2.24, 2.45) is 5.92 Å². The number of alkyl carbamates (subject to hydrolysis) is 1. The van der Waals surface area contributed by atoms with Gasteiger partial charge in [-0.15, -0.1) is 0 Å². The average Bonchev–Trinajstić information content (AvgIpc) is 3.26. The summed E-state index contributed by atoms with van der Waals surface area (Å²) in [6, 6.07) is 17.5. The lowest BCUT2D eigenvalue weighted by Gasteiger charge is -2.23. The molecule has 4 rings (SSSR count). The molecule has 19 heteroatoms. The van der Waals surface area contributed by atoms with Crippen LogP contribution in [0.3, 0.4) is 0 Å². The predicted octanol–water partition coefficient (Wildman–Crippen LogP) is 6.22. The third kappa shape index (κ3) is 19.8. The number of hydrogen-bond acceptors (Lipinski definition) is 13. The third-order valence-corrected chi connectivity index (χ3v) is 15.2. The zero-order chi connectivity index (χ0) is 48.0. The van der Waals surface area contributed by atoms with Crippen molar-refractivity contribution in [3.05, 3.63) is 107 Å². The van der Waals surface area contributed by atoms with Crippen LogP contribution in [0, 0.1) is 19.8 Å². The number of nitrogens with one attached hydrogen (secondary N) is 1. The maximum Gasteiger partial charge on any atom is 0.407 e. The van der Waals surface area contributed by atoms with Gasteiger partial charge in [0.05, 0.1) is 59.4 Å². The lowest BCUT2D eigenvalue weighted by Crippen LogP contribution is -2.34. The summed E-state index contributed by atoms with van der Waals surface area (Å²) in [5.41, 5.74) is 1.78. The number of carbonyl (C=O) groups excluding carboxylic acids is 3. The molecule has 1 atom stereocenters. The lowest BCUT2D eigenvalue weighted by atomic mass is 9.99. The zero-order valence-corrected chi connectivity index (χ0v) is 40.3. The third-order valence-electron chi connectivity index (χ3n) is 10.7. The fraction of sp³-hybridized carbons (Fsp3) is 0.511. The van der Waals surface area contributed by atoms with Gasteiger partial charge in [-0.05, 0) is 102 Å². The van der Waals surface area contributed by atoms with E-state index in [1.54, 1.807) is 38.1 Å². The molecule has 16 nitrogen and oxygen atoms in total. The second-order valence-electron chi connectivity index (χ2n) is 16.2. The summed E-state index contributed by atoms with van der Waals surface area (Å²) in [7, 11) is -12.5. The molecule has 3 aromatic rings. The van der Waals surface area contributed by atoms with Gasteiger partial charge in [0.2, 0.25) is 0 Å². The van der Waals surface area contributed by atoms with E-state index in [4.69, 9.17) is 18.9 Å². The molecule has 0 aliphatic heterocycles. The number of ketones is 1. The molecule has 0 fully saturated rings. The second-order valence-corrected chi connectivity index (χ2v) is 21.9. The normalized spacial score (nSPS) is 15.1. The van der Waals surface area contributed by atoms with Crippen LogP contribution in [0.5, 0.6) is 0 Å². The van der Waals surface area contributed by atoms with Gasteiger partial charge in [-0.2, -0.15) is 8.42 Å². The quantitative estimate of drug-likeness (QED) is 0.0357. The van der Waals surface area contributed by atoms with E-state index in [9.17, 15) is 44.2 Å². The van der Waals surface area contributed by atoms with Crippen LogP contribution in [0.2, 0.25) is 0 Å². The first-order valence-corrected chi connectivity index (χ1v) is 27.2. The number of amides is 2. The van der Waals surface area contributed by atoms with Gasteiger partial charge in [0, 0.05) is 44.0 Å². The molecule has 0 saturated carbocycles. The van der Waals surface area contributed by atoms with Crippen LogP contribution >= 0.6 is 0 Å². The molecule has 2 N–H and O–H groups in total. The Hall–Kier alpha value is -4.50. The highest BCUT2D eigenvalue weighted by atomic mass is 32.2. The van der Waals surface area contributed by atoms with Gasteiger partial charge in [-0.3, -0.25) is 14.1 Å². The highest BCUT2D eigenvalue weighted by Crippen LogP contribution is 2.24. The molecule has 0 spiro atoms. The van der Waals surface area contributed by atoms with Crippen LogP contribution in [-0.2, 0) is 48.7 Å². The molecular weight excluding hydrogens is 913 g/mol. The van der Waals surface area contributed by atoms with Gasteiger partial charge in [-0.1, -0.05) is 59.7 Å². The average molecular weight is 977 g/mol. The van der Waals surface area contributed by atoms with Crippen LogP contribution in [-0.4, -0.2) is 135 Å². The molecular formula is C47H64N2O14S3. The lowest BCUT2D eigenvalue weighted by molar-refractivity contribution is 0.0127. The van der Waals surface area contributed by atoms with Crippen molar-refractivity contribution in [3.8, 4) is 0 Å². The monoisotopic (exact) mass is 976 g/mol. The Morgan fingerprint density at radius 1 is 0.652 bits per heavy atom. The Balaban J connectivity index is 1.25. The van der Waals surface area contributed by atoms with E-state index in [-0.39, 0.29) is 59.7 Å². The number of sulfone groups is 2. The fourth-order valence-corrected chi connectivity index (χ4v) is 10.8. The number of nitrogens with zero attached hydrogens (tertiary/aromatic N) is 1. The van der Waals surface area contributed by atoms with Crippen LogP contribution < -0.4 is 5.32 Å². The minimum atomic E-state index is -4.29. The molecule has 364 valence electrons. The molecule has 2 amide bonds. The highest BCUT2D eigenvalue weighted by molar-refractivity contribution is 7.92. The maximum atomic E-state index is 14.0. The van der Waals surface area contributed by atoms with Gasteiger partial charge in [0.25, 0.3) is 16.0 Å². The molecule has 1 unspecified atom stereocenters. The summed E-state index contributed by atoms with van der Waals surface area (Å²) in [5.74, 6) is -4.83. The maximum absolute atomic E-state index is 14.0. The summed E-state index contributed by atoms with van der Waals surface area (Å²) >= 11 is 0. The molecule has 0 aromatic heterocycles. The van der Waals surface area contributed by atoms with Crippen LogP contribution in [0.4, 0.5) is 4.79 Å². The van der Waals surface area contributed by atoms with E-state index in [0.717, 1.165) is 43.2 Å². The molecule has 3 aromatic carbocycles. The van der Waals surface area contributed by atoms with Crippen molar-refractivity contribution in [2.75, 3.05) is 76.5 Å². The van der Waals surface area contributed by atoms with Gasteiger partial charge >= 0.3 is 6.09 Å². The largest absolute Gasteiger partial charge is 0.446 e. The molecule has 1 aliphatic rings. The molecule has 66 heavy (non-hydrogen) atoms. The second kappa shape index (κ2) is 27.3. The summed E-state index contributed by atoms with van der Waals surface area (Å²) in [6.07, 6.45) is 9.40. The topological polar surface area (TPSA) is 226 Å². The van der Waals surface area contributed by atoms with Crippen molar-refractivity contribution in [3.63, 3.8) is 0 Å². The first-order chi connectivity index (χ1) is 31.4. The molecule has 0 bridgehead atoms. The summed E-state index contributed by atoms with van der Waals surface area (Å²) in [6.45, 7) is 6.14. The molecule has 0 saturated heterocycles. The summed E-state index contributed by atoms with van der Waals surface area (Å²) < 4.78 is 109.